The lowest BCUT2D eigenvalue weighted by atomic mass is 9.94. The van der Waals surface area contributed by atoms with Gasteiger partial charge in [-0.1, -0.05) is 30.8 Å². The lowest BCUT2D eigenvalue weighted by molar-refractivity contribution is 0.0787. The van der Waals surface area contributed by atoms with Crippen LogP contribution in [0.5, 0.6) is 0 Å². The third-order valence-corrected chi connectivity index (χ3v) is 5.96. The smallest absolute Gasteiger partial charge is 0.264 e. The molecule has 0 radical (unpaired) electrons. The number of nitrogens with zero attached hydrogens (tertiary/aromatic N) is 4. The fraction of sp³-hybridized carbons (Fsp3) is 0.471. The minimum absolute atomic E-state index is 0.0695. The third-order valence-electron chi connectivity index (χ3n) is 4.76. The quantitative estimate of drug-likeness (QED) is 0.855. The summed E-state index contributed by atoms with van der Waals surface area (Å²) in [5.41, 5.74) is 0.848. The highest BCUT2D eigenvalue weighted by molar-refractivity contribution is 8.00. The molecular formula is C17H19FN4OS. The zero-order valence-electron chi connectivity index (χ0n) is 13.4. The van der Waals surface area contributed by atoms with Gasteiger partial charge in [0.2, 0.25) is 0 Å². The molecule has 3 atom stereocenters. The van der Waals surface area contributed by atoms with Crippen molar-refractivity contribution in [3.63, 3.8) is 0 Å². The molecular weight excluding hydrogens is 327 g/mol. The molecule has 1 fully saturated rings. The van der Waals surface area contributed by atoms with Gasteiger partial charge >= 0.3 is 0 Å². The number of halogens is 1. The Morgan fingerprint density at radius 1 is 1.42 bits per heavy atom. The van der Waals surface area contributed by atoms with Gasteiger partial charge in [-0.25, -0.2) is 9.37 Å². The molecule has 0 amide bonds. The number of rotatable bonds is 3. The number of piperidine rings is 1. The van der Waals surface area contributed by atoms with E-state index in [0.29, 0.717) is 11.1 Å². The predicted molar refractivity (Wildman–Crippen MR) is 89.4 cm³/mol. The molecule has 3 unspecified atom stereocenters. The Bertz CT molecular complexity index is 765. The lowest BCUT2D eigenvalue weighted by Crippen LogP contribution is -2.43. The van der Waals surface area contributed by atoms with Crippen molar-refractivity contribution in [1.29, 1.82) is 0 Å². The van der Waals surface area contributed by atoms with Crippen LogP contribution >= 0.6 is 11.8 Å². The fourth-order valence-electron chi connectivity index (χ4n) is 3.69. The molecule has 0 aliphatic carbocycles. The van der Waals surface area contributed by atoms with Crippen molar-refractivity contribution in [2.24, 2.45) is 5.92 Å². The van der Waals surface area contributed by atoms with Crippen LogP contribution in [0, 0.1) is 11.7 Å². The Hall–Kier alpha value is -1.73. The van der Waals surface area contributed by atoms with Crippen LogP contribution in [0.1, 0.15) is 36.2 Å². The summed E-state index contributed by atoms with van der Waals surface area (Å²) < 4.78 is 15.2. The molecule has 2 aliphatic rings. The number of aromatic nitrogens is 3. The normalized spacial score (nSPS) is 25.7. The zero-order chi connectivity index (χ0) is 16.7. The number of carbonyl (C=O) groups is 1. The summed E-state index contributed by atoms with van der Waals surface area (Å²) in [7, 11) is 0. The first-order valence-electron chi connectivity index (χ1n) is 8.24. The molecule has 24 heavy (non-hydrogen) atoms. The summed E-state index contributed by atoms with van der Waals surface area (Å²) >= 11 is 1.43. The van der Waals surface area contributed by atoms with E-state index in [-0.39, 0.29) is 23.0 Å². The van der Waals surface area contributed by atoms with Crippen LogP contribution in [0.3, 0.4) is 0 Å². The van der Waals surface area contributed by atoms with Gasteiger partial charge in [0.25, 0.3) is 5.91 Å². The monoisotopic (exact) mass is 346 g/mol. The molecule has 0 bridgehead atoms. The van der Waals surface area contributed by atoms with Crippen LogP contribution in [0.15, 0.2) is 35.7 Å². The Kier molecular flexibility index (Phi) is 4.14. The first-order valence-corrected chi connectivity index (χ1v) is 9.12. The average Bonchev–Trinajstić information content (AvgIpc) is 3.12. The van der Waals surface area contributed by atoms with E-state index in [9.17, 15) is 9.18 Å². The van der Waals surface area contributed by atoms with E-state index in [1.165, 1.54) is 35.3 Å². The van der Waals surface area contributed by atoms with Crippen LogP contribution < -0.4 is 0 Å². The average molecular weight is 346 g/mol. The molecule has 1 aromatic carbocycles. The largest absolute Gasteiger partial charge is 0.294 e. The fourth-order valence-corrected chi connectivity index (χ4v) is 4.92. The molecule has 0 spiro atoms. The molecule has 2 aliphatic heterocycles. The van der Waals surface area contributed by atoms with E-state index < -0.39 is 0 Å². The van der Waals surface area contributed by atoms with Gasteiger partial charge in [-0.3, -0.25) is 9.69 Å². The van der Waals surface area contributed by atoms with E-state index in [0.717, 1.165) is 25.1 Å². The van der Waals surface area contributed by atoms with E-state index in [1.807, 2.05) is 6.07 Å². The molecule has 7 heteroatoms. The van der Waals surface area contributed by atoms with E-state index >= 15 is 0 Å². The van der Waals surface area contributed by atoms with Gasteiger partial charge in [-0.05, 0) is 43.0 Å². The predicted octanol–water partition coefficient (Wildman–Crippen LogP) is 3.00. The van der Waals surface area contributed by atoms with Crippen molar-refractivity contribution in [3.8, 4) is 0 Å². The molecule has 3 heterocycles. The lowest BCUT2D eigenvalue weighted by Gasteiger charge is -2.39. The van der Waals surface area contributed by atoms with Gasteiger partial charge in [-0.15, -0.1) is 0 Å². The van der Waals surface area contributed by atoms with Crippen molar-refractivity contribution in [1.82, 2.24) is 19.7 Å². The van der Waals surface area contributed by atoms with Crippen molar-refractivity contribution < 1.29 is 9.18 Å². The van der Waals surface area contributed by atoms with Gasteiger partial charge in [0.1, 0.15) is 17.4 Å². The second kappa shape index (κ2) is 6.29. The summed E-state index contributed by atoms with van der Waals surface area (Å²) in [5.74, 6) is 0.236. The molecule has 4 rings (SSSR count). The zero-order valence-corrected chi connectivity index (χ0v) is 14.2. The molecule has 126 valence electrons. The number of thioether (sulfide) groups is 1. The summed E-state index contributed by atoms with van der Waals surface area (Å²) in [4.78, 5) is 19.3. The number of hydrogen-bond donors (Lipinski definition) is 0. The SMILES string of the molecule is CC1CCCN(C(c2cccc(F)c2)C2Sc3ncnn3C2=O)C1. The molecule has 1 aromatic heterocycles. The maximum atomic E-state index is 13.8. The number of fused-ring (bicyclic) bond motifs is 1. The molecule has 1 saturated heterocycles. The number of likely N-dealkylation sites (tertiary alicyclic amines) is 1. The van der Waals surface area contributed by atoms with Crippen molar-refractivity contribution in [2.75, 3.05) is 13.1 Å². The first-order chi connectivity index (χ1) is 11.6. The molecule has 0 N–H and O–H groups in total. The highest BCUT2D eigenvalue weighted by atomic mass is 32.2. The number of benzene rings is 1. The van der Waals surface area contributed by atoms with E-state index in [2.05, 4.69) is 21.9 Å². The van der Waals surface area contributed by atoms with Crippen molar-refractivity contribution in [2.45, 2.75) is 36.2 Å². The molecule has 2 aromatic rings. The standard InChI is InChI=1S/C17H19FN4OS/c1-11-4-3-7-21(9-11)14(12-5-2-6-13(18)8-12)15-16(23)22-17(24-15)19-10-20-22/h2,5-6,8,10-11,14-15H,3-4,7,9H2,1H3. The highest BCUT2D eigenvalue weighted by Crippen LogP contribution is 2.41. The van der Waals surface area contributed by atoms with Gasteiger partial charge in [0.15, 0.2) is 5.16 Å². The minimum atomic E-state index is -0.340. The van der Waals surface area contributed by atoms with Crippen LogP contribution in [-0.2, 0) is 0 Å². The summed E-state index contributed by atoms with van der Waals surface area (Å²) in [6, 6.07) is 6.45. The van der Waals surface area contributed by atoms with Gasteiger partial charge in [0, 0.05) is 6.54 Å². The Labute approximate surface area is 144 Å². The van der Waals surface area contributed by atoms with Gasteiger partial charge in [0.05, 0.1) is 6.04 Å². The Balaban J connectivity index is 1.71. The van der Waals surface area contributed by atoms with Crippen LogP contribution in [0.2, 0.25) is 0 Å². The molecule has 5 nitrogen and oxygen atoms in total. The second-order valence-corrected chi connectivity index (χ2v) is 7.68. The Morgan fingerprint density at radius 3 is 3.04 bits per heavy atom. The summed E-state index contributed by atoms with van der Waals surface area (Å²) in [5, 5.41) is 4.31. The Morgan fingerprint density at radius 2 is 2.29 bits per heavy atom. The van der Waals surface area contributed by atoms with Gasteiger partial charge in [-0.2, -0.15) is 9.78 Å². The second-order valence-electron chi connectivity index (χ2n) is 6.57. The maximum absolute atomic E-state index is 13.8. The van der Waals surface area contributed by atoms with Gasteiger partial charge < -0.3 is 0 Å². The highest BCUT2D eigenvalue weighted by Gasteiger charge is 2.43. The summed E-state index contributed by atoms with van der Waals surface area (Å²) in [6.45, 7) is 4.07. The minimum Gasteiger partial charge on any atom is -0.294 e. The topological polar surface area (TPSA) is 51.0 Å². The number of hydrogen-bond acceptors (Lipinski definition) is 5. The number of carbonyl (C=O) groups excluding carboxylic acids is 1. The van der Waals surface area contributed by atoms with Crippen LogP contribution in [-0.4, -0.2) is 43.9 Å². The summed E-state index contributed by atoms with van der Waals surface area (Å²) in [6.07, 6.45) is 3.69. The maximum Gasteiger partial charge on any atom is 0.264 e. The van der Waals surface area contributed by atoms with E-state index in [1.54, 1.807) is 12.1 Å². The van der Waals surface area contributed by atoms with Crippen LogP contribution in [0.4, 0.5) is 4.39 Å². The van der Waals surface area contributed by atoms with Crippen molar-refractivity contribution >= 4 is 17.7 Å². The third kappa shape index (κ3) is 2.75. The molecule has 0 saturated carbocycles. The first kappa shape index (κ1) is 15.8. The van der Waals surface area contributed by atoms with Crippen molar-refractivity contribution in [3.05, 3.63) is 42.0 Å². The van der Waals surface area contributed by atoms with Crippen LogP contribution in [0.25, 0.3) is 0 Å². The van der Waals surface area contributed by atoms with E-state index in [4.69, 9.17) is 0 Å².